The highest BCUT2D eigenvalue weighted by Gasteiger charge is 2.78. The summed E-state index contributed by atoms with van der Waals surface area (Å²) in [5.74, 6) is 1.56. The van der Waals surface area contributed by atoms with Crippen molar-refractivity contribution in [1.82, 2.24) is 4.90 Å². The van der Waals surface area contributed by atoms with Gasteiger partial charge in [0.15, 0.2) is 0 Å². The molecular formula is C14H20N2O. The largest absolute Gasteiger partial charge is 0.379 e. The number of fused-ring (bicyclic) bond motifs is 4. The van der Waals surface area contributed by atoms with Crippen LogP contribution in [0.25, 0.3) is 0 Å². The van der Waals surface area contributed by atoms with Crippen LogP contribution in [0.1, 0.15) is 32.1 Å². The van der Waals surface area contributed by atoms with Gasteiger partial charge in [-0.25, -0.2) is 0 Å². The van der Waals surface area contributed by atoms with E-state index in [9.17, 15) is 5.26 Å². The molecule has 4 unspecified atom stereocenters. The number of morpholine rings is 1. The molecule has 4 atom stereocenters. The second kappa shape index (κ2) is 3.24. The van der Waals surface area contributed by atoms with Crippen LogP contribution >= 0.6 is 0 Å². The summed E-state index contributed by atoms with van der Waals surface area (Å²) in [6.45, 7) is 3.82. The lowest BCUT2D eigenvalue weighted by atomic mass is 9.34. The summed E-state index contributed by atoms with van der Waals surface area (Å²) < 4.78 is 5.49. The van der Waals surface area contributed by atoms with Crippen molar-refractivity contribution in [2.45, 2.75) is 37.6 Å². The monoisotopic (exact) mass is 232 g/mol. The topological polar surface area (TPSA) is 36.3 Å². The third kappa shape index (κ3) is 0.936. The van der Waals surface area contributed by atoms with Crippen molar-refractivity contribution < 1.29 is 4.74 Å². The Morgan fingerprint density at radius 1 is 1.12 bits per heavy atom. The van der Waals surface area contributed by atoms with E-state index < -0.39 is 0 Å². The first-order valence-corrected chi connectivity index (χ1v) is 7.09. The molecule has 0 aromatic rings. The quantitative estimate of drug-likeness (QED) is 0.691. The minimum absolute atomic E-state index is 0.0332. The molecule has 0 spiro atoms. The number of ether oxygens (including phenoxy) is 1. The summed E-state index contributed by atoms with van der Waals surface area (Å²) in [5, 5.41) is 9.70. The van der Waals surface area contributed by atoms with E-state index in [-0.39, 0.29) is 11.0 Å². The zero-order valence-electron chi connectivity index (χ0n) is 10.3. The number of hydrogen-bond acceptors (Lipinski definition) is 3. The summed E-state index contributed by atoms with van der Waals surface area (Å²) >= 11 is 0. The molecule has 3 heteroatoms. The van der Waals surface area contributed by atoms with Crippen LogP contribution in [0.4, 0.5) is 0 Å². The van der Waals surface area contributed by atoms with Crippen LogP contribution in [0.15, 0.2) is 0 Å². The molecule has 92 valence electrons. The molecular weight excluding hydrogens is 212 g/mol. The maximum absolute atomic E-state index is 9.70. The van der Waals surface area contributed by atoms with Gasteiger partial charge >= 0.3 is 0 Å². The van der Waals surface area contributed by atoms with Crippen molar-refractivity contribution in [2.75, 3.05) is 26.3 Å². The second-order valence-corrected chi connectivity index (χ2v) is 6.25. The van der Waals surface area contributed by atoms with Crippen LogP contribution < -0.4 is 0 Å². The van der Waals surface area contributed by atoms with E-state index in [0.29, 0.717) is 0 Å². The summed E-state index contributed by atoms with van der Waals surface area (Å²) in [5.41, 5.74) is 0.292. The summed E-state index contributed by atoms with van der Waals surface area (Å²) in [7, 11) is 0. The predicted molar refractivity (Wildman–Crippen MR) is 63.2 cm³/mol. The molecule has 3 nitrogen and oxygen atoms in total. The predicted octanol–water partition coefficient (Wildman–Crippen LogP) is 1.79. The molecule has 0 amide bonds. The highest BCUT2D eigenvalue weighted by molar-refractivity contribution is 5.36. The van der Waals surface area contributed by atoms with Gasteiger partial charge in [-0.2, -0.15) is 5.26 Å². The van der Waals surface area contributed by atoms with Gasteiger partial charge in [-0.1, -0.05) is 6.42 Å². The number of nitriles is 1. The maximum atomic E-state index is 9.70. The lowest BCUT2D eigenvalue weighted by molar-refractivity contribution is -0.245. The van der Waals surface area contributed by atoms with E-state index in [1.54, 1.807) is 0 Å². The number of rotatable bonds is 1. The molecule has 0 aromatic carbocycles. The van der Waals surface area contributed by atoms with Crippen molar-refractivity contribution in [3.05, 3.63) is 0 Å². The highest BCUT2D eigenvalue weighted by Crippen LogP contribution is 2.76. The van der Waals surface area contributed by atoms with Crippen LogP contribution in [0, 0.1) is 28.6 Å². The Morgan fingerprint density at radius 3 is 2.59 bits per heavy atom. The average Bonchev–Trinajstić information content (AvgIpc) is 2.73. The Morgan fingerprint density at radius 2 is 1.94 bits per heavy atom. The maximum Gasteiger partial charge on any atom is 0.0791 e. The van der Waals surface area contributed by atoms with Gasteiger partial charge in [-0.05, 0) is 37.5 Å². The van der Waals surface area contributed by atoms with Crippen LogP contribution in [0.5, 0.6) is 0 Å². The van der Waals surface area contributed by atoms with Crippen molar-refractivity contribution in [3.63, 3.8) is 0 Å². The third-order valence-electron chi connectivity index (χ3n) is 6.20. The van der Waals surface area contributed by atoms with E-state index in [0.717, 1.165) is 44.6 Å². The van der Waals surface area contributed by atoms with Gasteiger partial charge in [0, 0.05) is 18.6 Å². The summed E-state index contributed by atoms with van der Waals surface area (Å²) in [6.07, 6.45) is 6.43. The van der Waals surface area contributed by atoms with Crippen molar-refractivity contribution in [2.24, 2.45) is 17.3 Å². The van der Waals surface area contributed by atoms with E-state index in [4.69, 9.17) is 4.74 Å². The van der Waals surface area contributed by atoms with Crippen LogP contribution in [-0.4, -0.2) is 36.7 Å². The molecule has 4 rings (SSSR count). The zero-order valence-corrected chi connectivity index (χ0v) is 10.3. The fraction of sp³-hybridized carbons (Fsp3) is 0.929. The first kappa shape index (κ1) is 10.3. The van der Waals surface area contributed by atoms with Gasteiger partial charge in [0.1, 0.15) is 0 Å². The zero-order chi connectivity index (χ0) is 11.5. The molecule has 3 aliphatic carbocycles. The fourth-order valence-corrected chi connectivity index (χ4v) is 5.56. The van der Waals surface area contributed by atoms with Gasteiger partial charge in [-0.3, -0.25) is 4.90 Å². The Balaban J connectivity index is 1.72. The molecule has 1 heterocycles. The normalized spacial score (nSPS) is 52.9. The second-order valence-electron chi connectivity index (χ2n) is 6.25. The molecule has 0 bridgehead atoms. The van der Waals surface area contributed by atoms with Gasteiger partial charge in [0.05, 0.1) is 24.7 Å². The van der Waals surface area contributed by atoms with Crippen molar-refractivity contribution >= 4 is 0 Å². The molecule has 4 aliphatic rings. The van der Waals surface area contributed by atoms with Crippen LogP contribution in [0.3, 0.4) is 0 Å². The van der Waals surface area contributed by atoms with Gasteiger partial charge in [0.2, 0.25) is 0 Å². The molecule has 4 fully saturated rings. The highest BCUT2D eigenvalue weighted by atomic mass is 16.5. The lowest BCUT2D eigenvalue weighted by Gasteiger charge is -2.73. The van der Waals surface area contributed by atoms with Crippen LogP contribution in [0.2, 0.25) is 0 Å². The summed E-state index contributed by atoms with van der Waals surface area (Å²) in [4.78, 5) is 2.63. The van der Waals surface area contributed by atoms with Gasteiger partial charge in [0.25, 0.3) is 0 Å². The SMILES string of the molecule is N#CC12CCC1C1CCCC12N1CCOCC1. The van der Waals surface area contributed by atoms with E-state index in [2.05, 4.69) is 11.0 Å². The van der Waals surface area contributed by atoms with E-state index in [1.807, 2.05) is 0 Å². The molecule has 1 saturated heterocycles. The molecule has 17 heavy (non-hydrogen) atoms. The molecule has 1 aliphatic heterocycles. The minimum Gasteiger partial charge on any atom is -0.379 e. The van der Waals surface area contributed by atoms with Crippen molar-refractivity contribution in [1.29, 1.82) is 5.26 Å². The molecule has 0 N–H and O–H groups in total. The van der Waals surface area contributed by atoms with Crippen LogP contribution in [-0.2, 0) is 4.74 Å². The van der Waals surface area contributed by atoms with E-state index in [1.165, 1.54) is 25.7 Å². The Kier molecular flexibility index (Phi) is 1.97. The Labute approximate surface area is 103 Å². The average molecular weight is 232 g/mol. The molecule has 3 saturated carbocycles. The Hall–Kier alpha value is -0.590. The van der Waals surface area contributed by atoms with Crippen molar-refractivity contribution in [3.8, 4) is 6.07 Å². The number of hydrogen-bond donors (Lipinski definition) is 0. The number of nitrogens with zero attached hydrogens (tertiary/aromatic N) is 2. The smallest absolute Gasteiger partial charge is 0.0791 e. The first-order valence-electron chi connectivity index (χ1n) is 7.09. The van der Waals surface area contributed by atoms with E-state index >= 15 is 0 Å². The standard InChI is InChI=1S/C14H20N2O/c15-10-13-5-3-11(13)12-2-1-4-14(12,13)16-6-8-17-9-7-16/h11-12H,1-9H2. The third-order valence-corrected chi connectivity index (χ3v) is 6.20. The molecule has 0 radical (unpaired) electrons. The van der Waals surface area contributed by atoms with Gasteiger partial charge in [-0.15, -0.1) is 0 Å². The van der Waals surface area contributed by atoms with Gasteiger partial charge < -0.3 is 4.74 Å². The first-order chi connectivity index (χ1) is 8.35. The minimum atomic E-state index is 0.0332. The lowest BCUT2D eigenvalue weighted by Crippen LogP contribution is -2.79. The molecule has 0 aromatic heterocycles. The summed E-state index contributed by atoms with van der Waals surface area (Å²) in [6, 6.07) is 2.74. The Bertz CT molecular complexity index is 384. The fourth-order valence-electron chi connectivity index (χ4n) is 5.56.